The van der Waals surface area contributed by atoms with Gasteiger partial charge < -0.3 is 4.90 Å². The van der Waals surface area contributed by atoms with Crippen LogP contribution in [-0.4, -0.2) is 26.1 Å². The molecular formula is C13H14ClNO3S. The maximum atomic E-state index is 11.8. The number of hydrogen-bond acceptors (Lipinski definition) is 3. The smallest absolute Gasteiger partial charge is 0.224 e. The van der Waals surface area contributed by atoms with Crippen LogP contribution in [0.15, 0.2) is 29.7 Å². The number of hydrogen-bond donors (Lipinski definition) is 0. The number of anilines is 1. The van der Waals surface area contributed by atoms with Gasteiger partial charge in [0.25, 0.3) is 0 Å². The minimum absolute atomic E-state index is 0.0852. The summed E-state index contributed by atoms with van der Waals surface area (Å²) in [5, 5.41) is 1.71. The van der Waals surface area contributed by atoms with Crippen molar-refractivity contribution in [1.29, 1.82) is 0 Å². The number of halogens is 1. The van der Waals surface area contributed by atoms with E-state index >= 15 is 0 Å². The standard InChI is InChI=1S/C13H14ClNO3S/c1-9-3-4-11(7-13(9)14)15(10(2)16)12-5-6-19(17,18)8-12/h3-7,12H,8H2,1-2H3/t12-/m1/s1. The number of rotatable bonds is 2. The van der Waals surface area contributed by atoms with Gasteiger partial charge in [-0.1, -0.05) is 17.7 Å². The van der Waals surface area contributed by atoms with Crippen molar-refractivity contribution in [1.82, 2.24) is 0 Å². The number of sulfone groups is 1. The summed E-state index contributed by atoms with van der Waals surface area (Å²) in [6, 6.07) is 4.78. The fourth-order valence-corrected chi connectivity index (χ4v) is 3.50. The molecule has 0 saturated heterocycles. The summed E-state index contributed by atoms with van der Waals surface area (Å²) >= 11 is 6.05. The topological polar surface area (TPSA) is 54.5 Å². The first-order chi connectivity index (χ1) is 8.80. The van der Waals surface area contributed by atoms with Crippen molar-refractivity contribution in [2.75, 3.05) is 10.7 Å². The fraction of sp³-hybridized carbons (Fsp3) is 0.308. The van der Waals surface area contributed by atoms with E-state index in [9.17, 15) is 13.2 Å². The summed E-state index contributed by atoms with van der Waals surface area (Å²) in [7, 11) is -3.21. The third kappa shape index (κ3) is 2.98. The second-order valence-corrected chi connectivity index (χ2v) is 6.89. The molecule has 0 aromatic heterocycles. The van der Waals surface area contributed by atoms with Gasteiger partial charge in [-0.25, -0.2) is 8.42 Å². The third-order valence-corrected chi connectivity index (χ3v) is 4.80. The number of amides is 1. The number of nitrogens with zero attached hydrogens (tertiary/aromatic N) is 1. The number of aryl methyl sites for hydroxylation is 1. The Labute approximate surface area is 117 Å². The lowest BCUT2D eigenvalue weighted by molar-refractivity contribution is -0.116. The highest BCUT2D eigenvalue weighted by Gasteiger charge is 2.29. The molecule has 0 unspecified atom stereocenters. The molecule has 1 aromatic carbocycles. The Morgan fingerprint density at radius 2 is 2.11 bits per heavy atom. The van der Waals surface area contributed by atoms with Crippen LogP contribution in [0.4, 0.5) is 5.69 Å². The largest absolute Gasteiger partial charge is 0.305 e. The summed E-state index contributed by atoms with van der Waals surface area (Å²) in [5.74, 6) is -0.301. The van der Waals surface area contributed by atoms with Crippen LogP contribution in [0.25, 0.3) is 0 Å². The first-order valence-electron chi connectivity index (χ1n) is 5.77. The molecule has 0 fully saturated rings. The molecule has 102 valence electrons. The molecule has 0 bridgehead atoms. The minimum atomic E-state index is -3.21. The van der Waals surface area contributed by atoms with Crippen molar-refractivity contribution < 1.29 is 13.2 Å². The van der Waals surface area contributed by atoms with Crippen LogP contribution in [0.1, 0.15) is 12.5 Å². The zero-order chi connectivity index (χ0) is 14.2. The first-order valence-corrected chi connectivity index (χ1v) is 7.86. The van der Waals surface area contributed by atoms with Gasteiger partial charge in [0.1, 0.15) is 0 Å². The maximum Gasteiger partial charge on any atom is 0.224 e. The molecule has 0 saturated carbocycles. The molecule has 1 heterocycles. The van der Waals surface area contributed by atoms with Gasteiger partial charge in [0.05, 0.1) is 11.8 Å². The molecule has 6 heteroatoms. The number of carbonyl (C=O) groups excluding carboxylic acids is 1. The first kappa shape index (κ1) is 14.1. The van der Waals surface area contributed by atoms with E-state index in [1.807, 2.05) is 6.92 Å². The summed E-state index contributed by atoms with van der Waals surface area (Å²) in [4.78, 5) is 13.2. The predicted octanol–water partition coefficient (Wildman–Crippen LogP) is 2.31. The summed E-state index contributed by atoms with van der Waals surface area (Å²) in [6.07, 6.45) is 1.53. The number of carbonyl (C=O) groups is 1. The van der Waals surface area contributed by atoms with Gasteiger partial charge in [0.15, 0.2) is 9.84 Å². The molecule has 0 radical (unpaired) electrons. The molecule has 0 spiro atoms. The SMILES string of the molecule is CC(=O)N(c1ccc(C)c(Cl)c1)[C@@H]1C=CS(=O)(=O)C1. The molecule has 2 rings (SSSR count). The normalized spacial score (nSPS) is 20.5. The zero-order valence-electron chi connectivity index (χ0n) is 10.6. The Kier molecular flexibility index (Phi) is 3.69. The van der Waals surface area contributed by atoms with Crippen molar-refractivity contribution in [3.05, 3.63) is 40.3 Å². The van der Waals surface area contributed by atoms with Gasteiger partial charge >= 0.3 is 0 Å². The Morgan fingerprint density at radius 1 is 1.42 bits per heavy atom. The van der Waals surface area contributed by atoms with Gasteiger partial charge in [-0.05, 0) is 30.7 Å². The lowest BCUT2D eigenvalue weighted by Crippen LogP contribution is -2.39. The van der Waals surface area contributed by atoms with E-state index in [-0.39, 0.29) is 11.7 Å². The molecule has 1 aromatic rings. The van der Waals surface area contributed by atoms with Crippen molar-refractivity contribution in [3.8, 4) is 0 Å². The summed E-state index contributed by atoms with van der Waals surface area (Å²) < 4.78 is 22.9. The second-order valence-electron chi connectivity index (χ2n) is 4.55. The van der Waals surface area contributed by atoms with Gasteiger partial charge in [-0.15, -0.1) is 0 Å². The van der Waals surface area contributed by atoms with Gasteiger partial charge in [0.2, 0.25) is 5.91 Å². The Balaban J connectivity index is 2.39. The van der Waals surface area contributed by atoms with E-state index in [1.165, 1.54) is 17.9 Å². The number of benzene rings is 1. The molecule has 0 N–H and O–H groups in total. The van der Waals surface area contributed by atoms with Gasteiger partial charge in [-0.2, -0.15) is 0 Å². The molecule has 1 aliphatic heterocycles. The highest BCUT2D eigenvalue weighted by atomic mass is 35.5. The fourth-order valence-electron chi connectivity index (χ4n) is 2.06. The van der Waals surface area contributed by atoms with Crippen molar-refractivity contribution in [3.63, 3.8) is 0 Å². The molecule has 4 nitrogen and oxygen atoms in total. The van der Waals surface area contributed by atoms with E-state index in [1.54, 1.807) is 18.2 Å². The minimum Gasteiger partial charge on any atom is -0.305 e. The summed E-state index contributed by atoms with van der Waals surface area (Å²) in [6.45, 7) is 3.27. The van der Waals surface area contributed by atoms with Crippen molar-refractivity contribution >= 4 is 33.0 Å². The molecule has 0 aliphatic carbocycles. The van der Waals surface area contributed by atoms with Crippen LogP contribution in [0.3, 0.4) is 0 Å². The Bertz CT molecular complexity index is 652. The van der Waals surface area contributed by atoms with Crippen molar-refractivity contribution in [2.24, 2.45) is 0 Å². The van der Waals surface area contributed by atoms with E-state index in [4.69, 9.17) is 11.6 Å². The van der Waals surface area contributed by atoms with Crippen LogP contribution in [0.2, 0.25) is 5.02 Å². The molecule has 1 amide bonds. The average Bonchev–Trinajstić information content (AvgIpc) is 2.64. The molecule has 1 aliphatic rings. The van der Waals surface area contributed by atoms with Crippen LogP contribution >= 0.6 is 11.6 Å². The van der Waals surface area contributed by atoms with E-state index in [0.717, 1.165) is 11.0 Å². The van der Waals surface area contributed by atoms with Crippen LogP contribution in [0.5, 0.6) is 0 Å². The predicted molar refractivity (Wildman–Crippen MR) is 76.1 cm³/mol. The van der Waals surface area contributed by atoms with Crippen LogP contribution in [-0.2, 0) is 14.6 Å². The van der Waals surface area contributed by atoms with Crippen LogP contribution < -0.4 is 4.90 Å². The van der Waals surface area contributed by atoms with Crippen molar-refractivity contribution in [2.45, 2.75) is 19.9 Å². The lowest BCUT2D eigenvalue weighted by atomic mass is 10.1. The van der Waals surface area contributed by atoms with Gasteiger partial charge in [0, 0.05) is 23.0 Å². The zero-order valence-corrected chi connectivity index (χ0v) is 12.2. The monoisotopic (exact) mass is 299 g/mol. The highest BCUT2D eigenvalue weighted by molar-refractivity contribution is 7.94. The van der Waals surface area contributed by atoms with E-state index in [0.29, 0.717) is 10.7 Å². The highest BCUT2D eigenvalue weighted by Crippen LogP contribution is 2.27. The average molecular weight is 300 g/mol. The van der Waals surface area contributed by atoms with E-state index < -0.39 is 15.9 Å². The third-order valence-electron chi connectivity index (χ3n) is 3.02. The lowest BCUT2D eigenvalue weighted by Gasteiger charge is -2.26. The molecule has 1 atom stereocenters. The molecule has 19 heavy (non-hydrogen) atoms. The Morgan fingerprint density at radius 3 is 2.58 bits per heavy atom. The quantitative estimate of drug-likeness (QED) is 0.842. The van der Waals surface area contributed by atoms with Crippen LogP contribution in [0, 0.1) is 6.92 Å². The molecular weight excluding hydrogens is 286 g/mol. The summed E-state index contributed by atoms with van der Waals surface area (Å²) in [5.41, 5.74) is 1.51. The second kappa shape index (κ2) is 4.98. The maximum absolute atomic E-state index is 11.8. The Hall–Kier alpha value is -1.33. The van der Waals surface area contributed by atoms with Gasteiger partial charge in [-0.3, -0.25) is 4.79 Å². The van der Waals surface area contributed by atoms with E-state index in [2.05, 4.69) is 0 Å².